The molecule has 1 saturated heterocycles. The van der Waals surface area contributed by atoms with Crippen molar-refractivity contribution in [3.63, 3.8) is 0 Å². The number of piperazine rings is 1. The van der Waals surface area contributed by atoms with Crippen LogP contribution in [0.1, 0.15) is 24.3 Å². The molecule has 1 amide bonds. The Bertz CT molecular complexity index is 553. The van der Waals surface area contributed by atoms with E-state index in [4.69, 9.17) is 0 Å². The van der Waals surface area contributed by atoms with Crippen LogP contribution in [0.15, 0.2) is 18.2 Å². The van der Waals surface area contributed by atoms with Gasteiger partial charge in [-0.05, 0) is 27.0 Å². The number of ether oxygens (including phenoxy) is 1. The number of pyridine rings is 1. The molecule has 0 radical (unpaired) electrons. The molecule has 0 bridgehead atoms. The number of aromatic nitrogens is 1. The summed E-state index contributed by atoms with van der Waals surface area (Å²) in [6.45, 7) is 3.71. The third-order valence-corrected chi connectivity index (χ3v) is 3.97. The highest BCUT2D eigenvalue weighted by molar-refractivity contribution is 5.92. The van der Waals surface area contributed by atoms with Crippen molar-refractivity contribution in [1.82, 2.24) is 14.8 Å². The standard InChI is InChI=1S/C15H20F3N3O2/c1-10-7-21(8-11(2)20(10)3)14(22)12-5-4-6-13(19-12)23-9-15(16,17)18/h4-6,10-11H,7-9H2,1-3H3/t10-,11+. The second-order valence-corrected chi connectivity index (χ2v) is 5.84. The third kappa shape index (κ3) is 4.57. The molecule has 8 heteroatoms. The number of nitrogens with zero attached hydrogens (tertiary/aromatic N) is 3. The third-order valence-electron chi connectivity index (χ3n) is 3.97. The number of hydrogen-bond acceptors (Lipinski definition) is 4. The first-order chi connectivity index (χ1) is 10.7. The topological polar surface area (TPSA) is 45.7 Å². The van der Waals surface area contributed by atoms with E-state index in [9.17, 15) is 18.0 Å². The molecule has 2 rings (SSSR count). The first-order valence-corrected chi connectivity index (χ1v) is 7.35. The van der Waals surface area contributed by atoms with E-state index < -0.39 is 12.8 Å². The van der Waals surface area contributed by atoms with Crippen molar-refractivity contribution in [3.05, 3.63) is 23.9 Å². The smallest absolute Gasteiger partial charge is 0.422 e. The average molecular weight is 331 g/mol. The summed E-state index contributed by atoms with van der Waals surface area (Å²) in [5.41, 5.74) is 0.0913. The Labute approximate surface area is 133 Å². The molecule has 1 aliphatic rings. The second kappa shape index (κ2) is 6.74. The molecule has 5 nitrogen and oxygen atoms in total. The maximum atomic E-state index is 12.5. The number of rotatable bonds is 3. The van der Waals surface area contributed by atoms with Crippen molar-refractivity contribution in [2.45, 2.75) is 32.1 Å². The largest absolute Gasteiger partial charge is 0.468 e. The molecule has 0 saturated carbocycles. The molecule has 1 aromatic rings. The van der Waals surface area contributed by atoms with Gasteiger partial charge in [-0.15, -0.1) is 0 Å². The average Bonchev–Trinajstić information content (AvgIpc) is 2.49. The number of alkyl halides is 3. The number of amides is 1. The van der Waals surface area contributed by atoms with E-state index in [0.717, 1.165) is 0 Å². The summed E-state index contributed by atoms with van der Waals surface area (Å²) in [6, 6.07) is 4.66. The summed E-state index contributed by atoms with van der Waals surface area (Å²) in [5.74, 6) is -0.502. The van der Waals surface area contributed by atoms with Gasteiger partial charge in [0.15, 0.2) is 6.61 Å². The summed E-state index contributed by atoms with van der Waals surface area (Å²) in [7, 11) is 2.00. The van der Waals surface area contributed by atoms with Crippen LogP contribution < -0.4 is 4.74 Å². The molecule has 1 aromatic heterocycles. The van der Waals surface area contributed by atoms with Crippen molar-refractivity contribution in [3.8, 4) is 5.88 Å². The summed E-state index contributed by atoms with van der Waals surface area (Å²) >= 11 is 0. The quantitative estimate of drug-likeness (QED) is 0.852. The maximum Gasteiger partial charge on any atom is 0.422 e. The van der Waals surface area contributed by atoms with Crippen molar-refractivity contribution in [1.29, 1.82) is 0 Å². The molecule has 0 N–H and O–H groups in total. The molecule has 23 heavy (non-hydrogen) atoms. The minimum absolute atomic E-state index is 0.0913. The molecule has 0 unspecified atom stereocenters. The zero-order valence-electron chi connectivity index (χ0n) is 13.3. The van der Waals surface area contributed by atoms with Crippen LogP contribution in [-0.4, -0.2) is 65.7 Å². The van der Waals surface area contributed by atoms with Gasteiger partial charge < -0.3 is 9.64 Å². The van der Waals surface area contributed by atoms with Gasteiger partial charge in [0.2, 0.25) is 5.88 Å². The molecule has 2 heterocycles. The van der Waals surface area contributed by atoms with Gasteiger partial charge >= 0.3 is 6.18 Å². The van der Waals surface area contributed by atoms with Crippen LogP contribution in [0.4, 0.5) is 13.2 Å². The minimum Gasteiger partial charge on any atom is -0.468 e. The molecule has 1 fully saturated rings. The summed E-state index contributed by atoms with van der Waals surface area (Å²) in [4.78, 5) is 20.3. The lowest BCUT2D eigenvalue weighted by molar-refractivity contribution is -0.154. The van der Waals surface area contributed by atoms with Crippen LogP contribution in [-0.2, 0) is 0 Å². The van der Waals surface area contributed by atoms with Crippen LogP contribution in [0.5, 0.6) is 5.88 Å². The molecule has 0 spiro atoms. The van der Waals surface area contributed by atoms with E-state index >= 15 is 0 Å². The van der Waals surface area contributed by atoms with E-state index in [1.54, 1.807) is 4.90 Å². The highest BCUT2D eigenvalue weighted by atomic mass is 19.4. The molecular formula is C15H20F3N3O2. The number of likely N-dealkylation sites (N-methyl/N-ethyl adjacent to an activating group) is 1. The van der Waals surface area contributed by atoms with Crippen LogP contribution in [0.2, 0.25) is 0 Å². The van der Waals surface area contributed by atoms with Gasteiger partial charge in [0.05, 0.1) is 0 Å². The van der Waals surface area contributed by atoms with E-state index in [1.165, 1.54) is 18.2 Å². The van der Waals surface area contributed by atoms with Crippen molar-refractivity contribution in [2.24, 2.45) is 0 Å². The molecular weight excluding hydrogens is 311 g/mol. The molecule has 128 valence electrons. The van der Waals surface area contributed by atoms with Gasteiger partial charge in [-0.25, -0.2) is 4.98 Å². The van der Waals surface area contributed by atoms with E-state index in [0.29, 0.717) is 13.1 Å². The molecule has 0 aromatic carbocycles. The fourth-order valence-electron chi connectivity index (χ4n) is 2.50. The fourth-order valence-corrected chi connectivity index (χ4v) is 2.50. The number of halogens is 3. The lowest BCUT2D eigenvalue weighted by Crippen LogP contribution is -2.56. The highest BCUT2D eigenvalue weighted by Crippen LogP contribution is 2.19. The Hall–Kier alpha value is -1.83. The highest BCUT2D eigenvalue weighted by Gasteiger charge is 2.31. The lowest BCUT2D eigenvalue weighted by atomic mass is 10.1. The van der Waals surface area contributed by atoms with Crippen LogP contribution in [0.25, 0.3) is 0 Å². The Balaban J connectivity index is 2.08. The summed E-state index contributed by atoms with van der Waals surface area (Å²) in [6.07, 6.45) is -4.44. The zero-order chi connectivity index (χ0) is 17.2. The zero-order valence-corrected chi connectivity index (χ0v) is 13.3. The Kier molecular flexibility index (Phi) is 5.13. The number of carbonyl (C=O) groups excluding carboxylic acids is 1. The van der Waals surface area contributed by atoms with Crippen LogP contribution in [0, 0.1) is 0 Å². The van der Waals surface area contributed by atoms with Gasteiger partial charge in [-0.1, -0.05) is 6.07 Å². The predicted molar refractivity (Wildman–Crippen MR) is 78.4 cm³/mol. The molecule has 2 atom stereocenters. The van der Waals surface area contributed by atoms with Crippen LogP contribution in [0.3, 0.4) is 0 Å². The Morgan fingerprint density at radius 2 is 1.91 bits per heavy atom. The number of carbonyl (C=O) groups is 1. The molecule has 0 aliphatic carbocycles. The molecule has 1 aliphatic heterocycles. The van der Waals surface area contributed by atoms with E-state index in [1.807, 2.05) is 20.9 Å². The minimum atomic E-state index is -4.44. The lowest BCUT2D eigenvalue weighted by Gasteiger charge is -2.42. The fraction of sp³-hybridized carbons (Fsp3) is 0.600. The maximum absolute atomic E-state index is 12.5. The van der Waals surface area contributed by atoms with Crippen LogP contribution >= 0.6 is 0 Å². The first-order valence-electron chi connectivity index (χ1n) is 7.35. The first kappa shape index (κ1) is 17.5. The van der Waals surface area contributed by atoms with Crippen molar-refractivity contribution >= 4 is 5.91 Å². The normalized spacial score (nSPS) is 23.0. The predicted octanol–water partition coefficient (Wildman–Crippen LogP) is 2.19. The van der Waals surface area contributed by atoms with Gasteiger partial charge in [0.1, 0.15) is 5.69 Å². The van der Waals surface area contributed by atoms with Crippen molar-refractivity contribution < 1.29 is 22.7 Å². The SMILES string of the molecule is C[C@@H]1CN(C(=O)c2cccc(OCC(F)(F)F)n2)C[C@H](C)N1C. The van der Waals surface area contributed by atoms with Crippen molar-refractivity contribution in [2.75, 3.05) is 26.7 Å². The Morgan fingerprint density at radius 3 is 2.48 bits per heavy atom. The monoisotopic (exact) mass is 331 g/mol. The van der Waals surface area contributed by atoms with Gasteiger partial charge in [-0.2, -0.15) is 13.2 Å². The van der Waals surface area contributed by atoms with E-state index in [-0.39, 0.29) is 29.6 Å². The van der Waals surface area contributed by atoms with Gasteiger partial charge in [0.25, 0.3) is 5.91 Å². The summed E-state index contributed by atoms with van der Waals surface area (Å²) < 4.78 is 41.1. The second-order valence-electron chi connectivity index (χ2n) is 5.84. The summed E-state index contributed by atoms with van der Waals surface area (Å²) in [5, 5.41) is 0. The number of hydrogen-bond donors (Lipinski definition) is 0. The van der Waals surface area contributed by atoms with E-state index in [2.05, 4.69) is 14.6 Å². The Morgan fingerprint density at radius 1 is 1.30 bits per heavy atom. The van der Waals surface area contributed by atoms with Gasteiger partial charge in [-0.3, -0.25) is 9.69 Å². The van der Waals surface area contributed by atoms with Gasteiger partial charge in [0, 0.05) is 31.2 Å².